The van der Waals surface area contributed by atoms with E-state index in [4.69, 9.17) is 5.11 Å². The second kappa shape index (κ2) is 7.96. The Morgan fingerprint density at radius 1 is 1.24 bits per heavy atom. The zero-order chi connectivity index (χ0) is 18.6. The van der Waals surface area contributed by atoms with E-state index < -0.39 is 12.0 Å². The quantitative estimate of drug-likeness (QED) is 0.809. The van der Waals surface area contributed by atoms with Gasteiger partial charge in [0.1, 0.15) is 0 Å². The van der Waals surface area contributed by atoms with Crippen LogP contribution in [0.15, 0.2) is 30.3 Å². The maximum absolute atomic E-state index is 12.6. The highest BCUT2D eigenvalue weighted by Gasteiger charge is 2.23. The molecule has 0 fully saturated rings. The first-order valence-corrected chi connectivity index (χ1v) is 8.35. The summed E-state index contributed by atoms with van der Waals surface area (Å²) in [4.78, 5) is 23.8. The monoisotopic (exact) mass is 343 g/mol. The molecule has 1 heterocycles. The molecule has 0 saturated carbocycles. The van der Waals surface area contributed by atoms with E-state index in [9.17, 15) is 9.59 Å². The van der Waals surface area contributed by atoms with Gasteiger partial charge in [0, 0.05) is 18.7 Å². The van der Waals surface area contributed by atoms with Gasteiger partial charge in [-0.2, -0.15) is 5.10 Å². The summed E-state index contributed by atoms with van der Waals surface area (Å²) < 4.78 is 1.81. The first kappa shape index (κ1) is 18.7. The Morgan fingerprint density at radius 3 is 2.40 bits per heavy atom. The van der Waals surface area contributed by atoms with E-state index in [0.29, 0.717) is 6.42 Å². The Hall–Kier alpha value is -2.63. The summed E-state index contributed by atoms with van der Waals surface area (Å²) in [5.74, 6) is -1.37. The number of carboxylic acids is 1. The Kier molecular flexibility index (Phi) is 5.96. The van der Waals surface area contributed by atoms with Gasteiger partial charge in [-0.1, -0.05) is 37.3 Å². The van der Waals surface area contributed by atoms with E-state index in [2.05, 4.69) is 10.4 Å². The van der Waals surface area contributed by atoms with Crippen LogP contribution in [0.5, 0.6) is 0 Å². The van der Waals surface area contributed by atoms with Gasteiger partial charge in [0.2, 0.25) is 5.91 Å². The van der Waals surface area contributed by atoms with Gasteiger partial charge in [-0.05, 0) is 31.4 Å². The fourth-order valence-corrected chi connectivity index (χ4v) is 2.94. The molecule has 0 aliphatic rings. The fraction of sp³-hybridized carbons (Fsp3) is 0.421. The number of aryl methyl sites for hydroxylation is 2. The largest absolute Gasteiger partial charge is 0.481 e. The molecule has 2 aromatic rings. The molecule has 0 saturated heterocycles. The molecule has 0 radical (unpaired) electrons. The van der Waals surface area contributed by atoms with Crippen LogP contribution in [0.1, 0.15) is 41.9 Å². The van der Waals surface area contributed by atoms with Crippen molar-refractivity contribution in [1.82, 2.24) is 15.1 Å². The maximum atomic E-state index is 12.6. The lowest BCUT2D eigenvalue weighted by Crippen LogP contribution is -2.35. The Balaban J connectivity index is 2.10. The number of nitrogens with one attached hydrogen (secondary N) is 1. The number of hydrogen-bond acceptors (Lipinski definition) is 3. The molecule has 0 aliphatic heterocycles. The number of nitrogens with zero attached hydrogens (tertiary/aromatic N) is 2. The minimum atomic E-state index is -0.944. The van der Waals surface area contributed by atoms with Crippen LogP contribution in [0, 0.1) is 19.8 Å². The molecule has 0 aliphatic carbocycles. The highest BCUT2D eigenvalue weighted by Crippen LogP contribution is 2.20. The average Bonchev–Trinajstić information content (AvgIpc) is 2.80. The lowest BCUT2D eigenvalue weighted by atomic mass is 9.97. The summed E-state index contributed by atoms with van der Waals surface area (Å²) in [6.07, 6.45) is 0.430. The lowest BCUT2D eigenvalue weighted by molar-refractivity contribution is -0.137. The van der Waals surface area contributed by atoms with Gasteiger partial charge in [-0.15, -0.1) is 0 Å². The molecule has 25 heavy (non-hydrogen) atoms. The van der Waals surface area contributed by atoms with Crippen molar-refractivity contribution < 1.29 is 14.7 Å². The van der Waals surface area contributed by atoms with E-state index in [0.717, 1.165) is 22.5 Å². The molecule has 2 rings (SSSR count). The van der Waals surface area contributed by atoms with Crippen LogP contribution in [0.3, 0.4) is 0 Å². The molecule has 6 nitrogen and oxygen atoms in total. The van der Waals surface area contributed by atoms with Gasteiger partial charge in [-0.25, -0.2) is 0 Å². The lowest BCUT2D eigenvalue weighted by Gasteiger charge is -2.20. The normalized spacial score (nSPS) is 13.3. The predicted octanol–water partition coefficient (Wildman–Crippen LogP) is 2.55. The molecular formula is C19H25N3O3. The second-order valence-electron chi connectivity index (χ2n) is 6.45. The molecule has 1 aromatic heterocycles. The predicted molar refractivity (Wildman–Crippen MR) is 95.1 cm³/mol. The first-order chi connectivity index (χ1) is 11.8. The SMILES string of the molecule is Cc1nn(C)c(C)c1C[C@H](C)C(=O)N[C@H](CC(=O)O)c1ccccc1. The molecule has 0 spiro atoms. The third-order valence-electron chi connectivity index (χ3n) is 4.51. The zero-order valence-electron chi connectivity index (χ0n) is 15.1. The van der Waals surface area contributed by atoms with Crippen molar-refractivity contribution in [3.05, 3.63) is 52.8 Å². The zero-order valence-corrected chi connectivity index (χ0v) is 15.1. The van der Waals surface area contributed by atoms with Gasteiger partial charge in [0.15, 0.2) is 0 Å². The molecule has 1 amide bonds. The van der Waals surface area contributed by atoms with Crippen molar-refractivity contribution in [3.8, 4) is 0 Å². The van der Waals surface area contributed by atoms with Crippen molar-refractivity contribution in [2.75, 3.05) is 0 Å². The number of carboxylic acid groups (broad SMARTS) is 1. The number of aromatic nitrogens is 2. The van der Waals surface area contributed by atoms with Crippen LogP contribution in [0.25, 0.3) is 0 Å². The van der Waals surface area contributed by atoms with Crippen molar-refractivity contribution in [1.29, 1.82) is 0 Å². The van der Waals surface area contributed by atoms with E-state index in [1.165, 1.54) is 0 Å². The van der Waals surface area contributed by atoms with E-state index in [-0.39, 0.29) is 18.2 Å². The minimum Gasteiger partial charge on any atom is -0.481 e. The van der Waals surface area contributed by atoms with E-state index >= 15 is 0 Å². The van der Waals surface area contributed by atoms with Crippen LogP contribution in [-0.4, -0.2) is 26.8 Å². The number of carbonyl (C=O) groups excluding carboxylic acids is 1. The van der Waals surface area contributed by atoms with Crippen molar-refractivity contribution >= 4 is 11.9 Å². The number of rotatable bonds is 7. The Morgan fingerprint density at radius 2 is 1.88 bits per heavy atom. The van der Waals surface area contributed by atoms with Crippen LogP contribution in [0.4, 0.5) is 0 Å². The summed E-state index contributed by atoms with van der Waals surface area (Å²) >= 11 is 0. The Bertz CT molecular complexity index is 753. The van der Waals surface area contributed by atoms with Gasteiger partial charge >= 0.3 is 5.97 Å². The van der Waals surface area contributed by atoms with Crippen molar-refractivity contribution in [2.24, 2.45) is 13.0 Å². The third kappa shape index (κ3) is 4.68. The smallest absolute Gasteiger partial charge is 0.305 e. The van der Waals surface area contributed by atoms with Crippen molar-refractivity contribution in [2.45, 2.75) is 39.7 Å². The number of benzene rings is 1. The molecule has 2 N–H and O–H groups in total. The molecular weight excluding hydrogens is 318 g/mol. The molecule has 6 heteroatoms. The van der Waals surface area contributed by atoms with Gasteiger partial charge in [0.25, 0.3) is 0 Å². The number of hydrogen-bond donors (Lipinski definition) is 2. The third-order valence-corrected chi connectivity index (χ3v) is 4.51. The fourth-order valence-electron chi connectivity index (χ4n) is 2.94. The summed E-state index contributed by atoms with van der Waals surface area (Å²) in [5.41, 5.74) is 3.82. The van der Waals surface area contributed by atoms with Crippen LogP contribution < -0.4 is 5.32 Å². The van der Waals surface area contributed by atoms with Gasteiger partial charge < -0.3 is 10.4 Å². The standard InChI is InChI=1S/C19H25N3O3/c1-12(10-16-13(2)21-22(4)14(16)3)19(25)20-17(11-18(23)24)15-8-6-5-7-9-15/h5-9,12,17H,10-11H2,1-4H3,(H,20,25)(H,23,24)/t12-,17+/m0/s1. The molecule has 0 bridgehead atoms. The summed E-state index contributed by atoms with van der Waals surface area (Å²) in [6.45, 7) is 5.77. The molecule has 2 atom stereocenters. The number of carbonyl (C=O) groups is 2. The van der Waals surface area contributed by atoms with E-state index in [1.54, 1.807) is 0 Å². The average molecular weight is 343 g/mol. The van der Waals surface area contributed by atoms with E-state index in [1.807, 2.05) is 62.8 Å². The molecule has 134 valence electrons. The number of amides is 1. The summed E-state index contributed by atoms with van der Waals surface area (Å²) in [7, 11) is 1.88. The number of aliphatic carboxylic acids is 1. The van der Waals surface area contributed by atoms with Crippen LogP contribution in [-0.2, 0) is 23.1 Å². The van der Waals surface area contributed by atoms with Crippen LogP contribution >= 0.6 is 0 Å². The highest BCUT2D eigenvalue weighted by atomic mass is 16.4. The summed E-state index contributed by atoms with van der Waals surface area (Å²) in [5, 5.41) is 16.4. The van der Waals surface area contributed by atoms with Crippen molar-refractivity contribution in [3.63, 3.8) is 0 Å². The van der Waals surface area contributed by atoms with Gasteiger partial charge in [0.05, 0.1) is 18.2 Å². The first-order valence-electron chi connectivity index (χ1n) is 8.35. The Labute approximate surface area is 147 Å². The minimum absolute atomic E-state index is 0.145. The summed E-state index contributed by atoms with van der Waals surface area (Å²) in [6, 6.07) is 8.65. The second-order valence-corrected chi connectivity index (χ2v) is 6.45. The van der Waals surface area contributed by atoms with Crippen LogP contribution in [0.2, 0.25) is 0 Å². The topological polar surface area (TPSA) is 84.2 Å². The highest BCUT2D eigenvalue weighted by molar-refractivity contribution is 5.80. The van der Waals surface area contributed by atoms with Gasteiger partial charge in [-0.3, -0.25) is 14.3 Å². The molecule has 1 aromatic carbocycles. The molecule has 0 unspecified atom stereocenters. The maximum Gasteiger partial charge on any atom is 0.305 e.